The van der Waals surface area contributed by atoms with Crippen molar-refractivity contribution < 1.29 is 14.6 Å². The van der Waals surface area contributed by atoms with Crippen molar-refractivity contribution in [3.63, 3.8) is 0 Å². The molecule has 0 saturated heterocycles. The van der Waals surface area contributed by atoms with Gasteiger partial charge in [-0.25, -0.2) is 4.79 Å². The molecule has 76 valence electrons. The van der Waals surface area contributed by atoms with Crippen LogP contribution in [0.5, 0.6) is 0 Å². The average Bonchev–Trinajstić information content (AvgIpc) is 2.15. The van der Waals surface area contributed by atoms with Crippen molar-refractivity contribution in [1.29, 1.82) is 0 Å². The lowest BCUT2D eigenvalue weighted by Gasteiger charge is -2.26. The van der Waals surface area contributed by atoms with Gasteiger partial charge in [0.05, 0.1) is 0 Å². The van der Waals surface area contributed by atoms with E-state index in [0.717, 1.165) is 25.7 Å². The molecule has 0 aliphatic heterocycles. The molecule has 3 heteroatoms. The van der Waals surface area contributed by atoms with Crippen molar-refractivity contribution in [3.8, 4) is 0 Å². The van der Waals surface area contributed by atoms with Crippen molar-refractivity contribution in [3.05, 3.63) is 0 Å². The summed E-state index contributed by atoms with van der Waals surface area (Å²) in [6.45, 7) is 2.34. The summed E-state index contributed by atoms with van der Waals surface area (Å²) in [7, 11) is 0. The van der Waals surface area contributed by atoms with E-state index in [4.69, 9.17) is 9.84 Å². The second-order valence-electron chi connectivity index (χ2n) is 3.61. The summed E-state index contributed by atoms with van der Waals surface area (Å²) in [6, 6.07) is 0. The first-order chi connectivity index (χ1) is 6.25. The summed E-state index contributed by atoms with van der Waals surface area (Å²) in [4.78, 5) is 10.9. The molecule has 1 unspecified atom stereocenters. The van der Waals surface area contributed by atoms with Gasteiger partial charge in [0, 0.05) is 6.61 Å². The van der Waals surface area contributed by atoms with Crippen LogP contribution in [0.3, 0.4) is 0 Å². The van der Waals surface area contributed by atoms with E-state index in [1.807, 2.05) is 6.92 Å². The molecular formula is C10H18O3. The maximum absolute atomic E-state index is 10.9. The third-order valence-corrected chi connectivity index (χ3v) is 2.67. The van der Waals surface area contributed by atoms with Crippen LogP contribution in [0.1, 0.15) is 39.0 Å². The van der Waals surface area contributed by atoms with E-state index in [9.17, 15) is 4.79 Å². The number of hydrogen-bond acceptors (Lipinski definition) is 2. The van der Waals surface area contributed by atoms with Crippen molar-refractivity contribution in [2.75, 3.05) is 6.61 Å². The normalized spacial score (nSPS) is 21.3. The fourth-order valence-corrected chi connectivity index (χ4v) is 2.03. The molecule has 1 rings (SSSR count). The molecule has 0 heterocycles. The van der Waals surface area contributed by atoms with Gasteiger partial charge in [0.25, 0.3) is 0 Å². The Balaban J connectivity index is 2.46. The standard InChI is InChI=1S/C10H18O3/c1-2-13-9(10(11)12)8-6-4-3-5-7-8/h8-9H,2-7H2,1H3,(H,11,12). The summed E-state index contributed by atoms with van der Waals surface area (Å²) < 4.78 is 5.24. The smallest absolute Gasteiger partial charge is 0.333 e. The highest BCUT2D eigenvalue weighted by Gasteiger charge is 2.29. The number of carboxylic acids is 1. The summed E-state index contributed by atoms with van der Waals surface area (Å²) in [6.07, 6.45) is 5.01. The lowest BCUT2D eigenvalue weighted by Crippen LogP contribution is -2.33. The minimum atomic E-state index is -0.797. The Kier molecular flexibility index (Phi) is 4.22. The zero-order chi connectivity index (χ0) is 9.68. The Bertz CT molecular complexity index is 162. The third-order valence-electron chi connectivity index (χ3n) is 2.67. The number of aliphatic carboxylic acids is 1. The highest BCUT2D eigenvalue weighted by atomic mass is 16.5. The van der Waals surface area contributed by atoms with Gasteiger partial charge >= 0.3 is 5.97 Å². The minimum Gasteiger partial charge on any atom is -0.479 e. The lowest BCUT2D eigenvalue weighted by atomic mass is 9.85. The highest BCUT2D eigenvalue weighted by molar-refractivity contribution is 5.72. The van der Waals surface area contributed by atoms with Crippen LogP contribution in [-0.4, -0.2) is 23.8 Å². The Morgan fingerprint density at radius 2 is 2.08 bits per heavy atom. The molecule has 1 N–H and O–H groups in total. The van der Waals surface area contributed by atoms with Crippen molar-refractivity contribution in [1.82, 2.24) is 0 Å². The van der Waals surface area contributed by atoms with Gasteiger partial charge < -0.3 is 9.84 Å². The second-order valence-corrected chi connectivity index (χ2v) is 3.61. The molecule has 13 heavy (non-hydrogen) atoms. The summed E-state index contributed by atoms with van der Waals surface area (Å²) in [5.74, 6) is -0.556. The van der Waals surface area contributed by atoms with E-state index in [0.29, 0.717) is 6.61 Å². The van der Waals surface area contributed by atoms with E-state index in [1.165, 1.54) is 6.42 Å². The largest absolute Gasteiger partial charge is 0.479 e. The van der Waals surface area contributed by atoms with Gasteiger partial charge in [-0.2, -0.15) is 0 Å². The summed E-state index contributed by atoms with van der Waals surface area (Å²) in [5, 5.41) is 8.93. The van der Waals surface area contributed by atoms with Gasteiger partial charge in [0.2, 0.25) is 0 Å². The molecule has 1 saturated carbocycles. The van der Waals surface area contributed by atoms with Gasteiger partial charge in [-0.1, -0.05) is 19.3 Å². The minimum absolute atomic E-state index is 0.242. The molecule has 0 spiro atoms. The van der Waals surface area contributed by atoms with Crippen LogP contribution in [0.25, 0.3) is 0 Å². The lowest BCUT2D eigenvalue weighted by molar-refractivity contribution is -0.154. The summed E-state index contributed by atoms with van der Waals surface area (Å²) >= 11 is 0. The van der Waals surface area contributed by atoms with Gasteiger partial charge in [-0.3, -0.25) is 0 Å². The third kappa shape index (κ3) is 2.99. The highest BCUT2D eigenvalue weighted by Crippen LogP contribution is 2.28. The fraction of sp³-hybridized carbons (Fsp3) is 0.900. The SMILES string of the molecule is CCOC(C(=O)O)C1CCCCC1. The molecule has 1 aliphatic rings. The van der Waals surface area contributed by atoms with Gasteiger partial charge in [-0.05, 0) is 25.7 Å². The molecule has 0 radical (unpaired) electrons. The number of rotatable bonds is 4. The van der Waals surface area contributed by atoms with Crippen LogP contribution in [0.4, 0.5) is 0 Å². The van der Waals surface area contributed by atoms with Crippen LogP contribution < -0.4 is 0 Å². The topological polar surface area (TPSA) is 46.5 Å². The van der Waals surface area contributed by atoms with E-state index < -0.39 is 12.1 Å². The fourth-order valence-electron chi connectivity index (χ4n) is 2.03. The molecule has 0 amide bonds. The Morgan fingerprint density at radius 1 is 1.46 bits per heavy atom. The van der Waals surface area contributed by atoms with Gasteiger partial charge in [0.15, 0.2) is 6.10 Å². The maximum Gasteiger partial charge on any atom is 0.333 e. The van der Waals surface area contributed by atoms with Crippen LogP contribution in [-0.2, 0) is 9.53 Å². The van der Waals surface area contributed by atoms with Crippen LogP contribution >= 0.6 is 0 Å². The number of carboxylic acid groups (broad SMARTS) is 1. The predicted molar refractivity (Wildman–Crippen MR) is 49.6 cm³/mol. The molecule has 3 nitrogen and oxygen atoms in total. The van der Waals surface area contributed by atoms with E-state index in [-0.39, 0.29) is 5.92 Å². The van der Waals surface area contributed by atoms with Crippen LogP contribution in [0.2, 0.25) is 0 Å². The van der Waals surface area contributed by atoms with Crippen molar-refractivity contribution in [2.45, 2.75) is 45.1 Å². The maximum atomic E-state index is 10.9. The predicted octanol–water partition coefficient (Wildman–Crippen LogP) is 2.06. The van der Waals surface area contributed by atoms with Crippen LogP contribution in [0.15, 0.2) is 0 Å². The van der Waals surface area contributed by atoms with E-state index >= 15 is 0 Å². The first kappa shape index (κ1) is 10.5. The van der Waals surface area contributed by atoms with E-state index in [1.54, 1.807) is 0 Å². The van der Waals surface area contributed by atoms with Crippen LogP contribution in [0, 0.1) is 5.92 Å². The zero-order valence-corrected chi connectivity index (χ0v) is 8.16. The monoisotopic (exact) mass is 186 g/mol. The first-order valence-corrected chi connectivity index (χ1v) is 5.10. The molecule has 1 aliphatic carbocycles. The molecule has 0 aromatic heterocycles. The van der Waals surface area contributed by atoms with E-state index in [2.05, 4.69) is 0 Å². The van der Waals surface area contributed by atoms with Crippen molar-refractivity contribution in [2.24, 2.45) is 5.92 Å². The molecule has 0 bridgehead atoms. The second kappa shape index (κ2) is 5.22. The zero-order valence-electron chi connectivity index (χ0n) is 8.16. The quantitative estimate of drug-likeness (QED) is 0.731. The van der Waals surface area contributed by atoms with Gasteiger partial charge in [0.1, 0.15) is 0 Å². The molecule has 0 aromatic carbocycles. The number of hydrogen-bond donors (Lipinski definition) is 1. The first-order valence-electron chi connectivity index (χ1n) is 5.10. The van der Waals surface area contributed by atoms with Crippen molar-refractivity contribution >= 4 is 5.97 Å². The Morgan fingerprint density at radius 3 is 2.54 bits per heavy atom. The molecule has 0 aromatic rings. The number of ether oxygens (including phenoxy) is 1. The number of carbonyl (C=O) groups is 1. The molecule has 1 fully saturated rings. The molecular weight excluding hydrogens is 168 g/mol. The summed E-state index contributed by atoms with van der Waals surface area (Å²) in [5.41, 5.74) is 0. The molecule has 1 atom stereocenters. The Hall–Kier alpha value is -0.570. The van der Waals surface area contributed by atoms with Gasteiger partial charge in [-0.15, -0.1) is 0 Å². The average molecular weight is 186 g/mol. The Labute approximate surface area is 79.1 Å².